The van der Waals surface area contributed by atoms with Crippen LogP contribution in [0, 0.1) is 0 Å². The number of aromatic nitrogens is 1. The summed E-state index contributed by atoms with van der Waals surface area (Å²) in [5.41, 5.74) is 8.23. The highest BCUT2D eigenvalue weighted by molar-refractivity contribution is 5.44. The first kappa shape index (κ1) is 15.3. The molecule has 0 aliphatic carbocycles. The molecule has 0 radical (unpaired) electrons. The average Bonchev–Trinajstić information content (AvgIpc) is 2.62. The van der Waals surface area contributed by atoms with Gasteiger partial charge in [0.15, 0.2) is 0 Å². The molecule has 1 aliphatic heterocycles. The Morgan fingerprint density at radius 1 is 1.15 bits per heavy atom. The molecule has 0 bridgehead atoms. The summed E-state index contributed by atoms with van der Waals surface area (Å²) >= 11 is 0. The lowest BCUT2D eigenvalue weighted by Crippen LogP contribution is -2.30. The SMILES string of the molecule is CN1CCCN(c2cc(CN)cc(C(C)(C)C)n2)CC1. The second-order valence-electron chi connectivity index (χ2n) is 6.82. The van der Waals surface area contributed by atoms with Gasteiger partial charge >= 0.3 is 0 Å². The number of anilines is 1. The van der Waals surface area contributed by atoms with Crippen molar-refractivity contribution < 1.29 is 0 Å². The van der Waals surface area contributed by atoms with Gasteiger partial charge in [0, 0.05) is 37.3 Å². The zero-order chi connectivity index (χ0) is 14.8. The molecule has 0 saturated carbocycles. The van der Waals surface area contributed by atoms with Crippen LogP contribution in [0.3, 0.4) is 0 Å². The first-order valence-corrected chi connectivity index (χ1v) is 7.55. The van der Waals surface area contributed by atoms with Crippen molar-refractivity contribution in [3.8, 4) is 0 Å². The Labute approximate surface area is 123 Å². The van der Waals surface area contributed by atoms with Crippen molar-refractivity contribution in [3.05, 3.63) is 23.4 Å². The summed E-state index contributed by atoms with van der Waals surface area (Å²) in [5.74, 6) is 1.09. The van der Waals surface area contributed by atoms with E-state index in [9.17, 15) is 0 Å². The van der Waals surface area contributed by atoms with E-state index in [0.717, 1.165) is 31.1 Å². The van der Waals surface area contributed by atoms with Crippen molar-refractivity contribution in [1.29, 1.82) is 0 Å². The van der Waals surface area contributed by atoms with Crippen molar-refractivity contribution in [2.45, 2.75) is 39.2 Å². The number of nitrogens with zero attached hydrogens (tertiary/aromatic N) is 3. The predicted octanol–water partition coefficient (Wildman–Crippen LogP) is 1.98. The van der Waals surface area contributed by atoms with Gasteiger partial charge in [0.25, 0.3) is 0 Å². The summed E-state index contributed by atoms with van der Waals surface area (Å²) in [5, 5.41) is 0. The Bertz CT molecular complexity index is 450. The number of hydrogen-bond acceptors (Lipinski definition) is 4. The smallest absolute Gasteiger partial charge is 0.129 e. The monoisotopic (exact) mass is 276 g/mol. The highest BCUT2D eigenvalue weighted by Crippen LogP contribution is 2.25. The minimum absolute atomic E-state index is 0.0581. The van der Waals surface area contributed by atoms with Crippen LogP contribution in [0.15, 0.2) is 12.1 Å². The first-order valence-electron chi connectivity index (χ1n) is 7.55. The lowest BCUT2D eigenvalue weighted by molar-refractivity contribution is 0.360. The van der Waals surface area contributed by atoms with Crippen molar-refractivity contribution in [2.75, 3.05) is 38.1 Å². The maximum absolute atomic E-state index is 5.86. The molecule has 0 aromatic carbocycles. The topological polar surface area (TPSA) is 45.4 Å². The Hall–Kier alpha value is -1.13. The lowest BCUT2D eigenvalue weighted by Gasteiger charge is -2.26. The molecule has 1 aromatic rings. The highest BCUT2D eigenvalue weighted by Gasteiger charge is 2.20. The van der Waals surface area contributed by atoms with Gasteiger partial charge in [-0.3, -0.25) is 0 Å². The van der Waals surface area contributed by atoms with Gasteiger partial charge in [-0.2, -0.15) is 0 Å². The fourth-order valence-electron chi connectivity index (χ4n) is 2.51. The molecule has 1 fully saturated rings. The van der Waals surface area contributed by atoms with E-state index < -0.39 is 0 Å². The van der Waals surface area contributed by atoms with Gasteiger partial charge in [0.05, 0.1) is 0 Å². The standard InChI is InChI=1S/C16H28N4/c1-16(2,3)14-10-13(12-17)11-15(18-14)20-7-5-6-19(4)8-9-20/h10-11H,5-9,12,17H2,1-4H3. The van der Waals surface area contributed by atoms with Crippen LogP contribution in [0.2, 0.25) is 0 Å². The average molecular weight is 276 g/mol. The molecule has 0 atom stereocenters. The van der Waals surface area contributed by atoms with Crippen LogP contribution in [0.5, 0.6) is 0 Å². The molecule has 2 heterocycles. The second-order valence-corrected chi connectivity index (χ2v) is 6.82. The number of rotatable bonds is 2. The Morgan fingerprint density at radius 3 is 2.55 bits per heavy atom. The van der Waals surface area contributed by atoms with Crippen LogP contribution in [0.25, 0.3) is 0 Å². The van der Waals surface area contributed by atoms with Gasteiger partial charge in [0.2, 0.25) is 0 Å². The van der Waals surface area contributed by atoms with E-state index in [0.29, 0.717) is 6.54 Å². The fraction of sp³-hybridized carbons (Fsp3) is 0.688. The van der Waals surface area contributed by atoms with Crippen molar-refractivity contribution in [2.24, 2.45) is 5.73 Å². The molecule has 1 aliphatic rings. The van der Waals surface area contributed by atoms with E-state index in [4.69, 9.17) is 10.7 Å². The van der Waals surface area contributed by atoms with Gasteiger partial charge in [-0.1, -0.05) is 20.8 Å². The van der Waals surface area contributed by atoms with Gasteiger partial charge in [-0.15, -0.1) is 0 Å². The van der Waals surface area contributed by atoms with Crippen LogP contribution in [-0.4, -0.2) is 43.1 Å². The Morgan fingerprint density at radius 2 is 1.90 bits per heavy atom. The molecular formula is C16H28N4. The maximum atomic E-state index is 5.86. The van der Waals surface area contributed by atoms with E-state index in [1.165, 1.54) is 18.5 Å². The molecule has 4 heteroatoms. The molecule has 1 aromatic heterocycles. The molecule has 20 heavy (non-hydrogen) atoms. The number of pyridine rings is 1. The van der Waals surface area contributed by atoms with E-state index in [2.05, 4.69) is 49.8 Å². The molecule has 0 spiro atoms. The molecular weight excluding hydrogens is 248 g/mol. The van der Waals surface area contributed by atoms with Gasteiger partial charge in [0.1, 0.15) is 5.82 Å². The molecule has 1 saturated heterocycles. The van der Waals surface area contributed by atoms with E-state index in [-0.39, 0.29) is 5.41 Å². The Kier molecular flexibility index (Phi) is 4.66. The van der Waals surface area contributed by atoms with Gasteiger partial charge < -0.3 is 15.5 Å². The number of likely N-dealkylation sites (N-methyl/N-ethyl adjacent to an activating group) is 1. The Balaban J connectivity index is 2.30. The molecule has 0 amide bonds. The largest absolute Gasteiger partial charge is 0.355 e. The van der Waals surface area contributed by atoms with Crippen LogP contribution < -0.4 is 10.6 Å². The minimum atomic E-state index is 0.0581. The zero-order valence-corrected chi connectivity index (χ0v) is 13.3. The third-order valence-corrected chi connectivity index (χ3v) is 3.92. The zero-order valence-electron chi connectivity index (χ0n) is 13.3. The summed E-state index contributed by atoms with van der Waals surface area (Å²) in [4.78, 5) is 9.68. The summed E-state index contributed by atoms with van der Waals surface area (Å²) in [7, 11) is 2.19. The lowest BCUT2D eigenvalue weighted by atomic mass is 9.90. The number of nitrogens with two attached hydrogens (primary N) is 1. The number of hydrogen-bond donors (Lipinski definition) is 1. The third-order valence-electron chi connectivity index (χ3n) is 3.92. The van der Waals surface area contributed by atoms with Crippen LogP contribution in [-0.2, 0) is 12.0 Å². The summed E-state index contributed by atoms with van der Waals surface area (Å²) in [6.45, 7) is 11.6. The van der Waals surface area contributed by atoms with Crippen molar-refractivity contribution in [1.82, 2.24) is 9.88 Å². The van der Waals surface area contributed by atoms with Crippen molar-refractivity contribution >= 4 is 5.82 Å². The van der Waals surface area contributed by atoms with E-state index >= 15 is 0 Å². The quantitative estimate of drug-likeness (QED) is 0.897. The third kappa shape index (κ3) is 3.70. The van der Waals surface area contributed by atoms with E-state index in [1.807, 2.05) is 0 Å². The summed E-state index contributed by atoms with van der Waals surface area (Å²) in [6, 6.07) is 4.30. The molecule has 2 rings (SSSR count). The van der Waals surface area contributed by atoms with Crippen LogP contribution in [0.4, 0.5) is 5.82 Å². The molecule has 2 N–H and O–H groups in total. The van der Waals surface area contributed by atoms with Crippen LogP contribution in [0.1, 0.15) is 38.4 Å². The molecule has 112 valence electrons. The minimum Gasteiger partial charge on any atom is -0.355 e. The van der Waals surface area contributed by atoms with Gasteiger partial charge in [-0.25, -0.2) is 4.98 Å². The fourth-order valence-corrected chi connectivity index (χ4v) is 2.51. The van der Waals surface area contributed by atoms with Crippen molar-refractivity contribution in [3.63, 3.8) is 0 Å². The second kappa shape index (κ2) is 6.10. The normalized spacial score (nSPS) is 18.1. The molecule has 0 unspecified atom stereocenters. The van der Waals surface area contributed by atoms with E-state index in [1.54, 1.807) is 0 Å². The summed E-state index contributed by atoms with van der Waals surface area (Å²) < 4.78 is 0. The first-order chi connectivity index (χ1) is 9.40. The highest BCUT2D eigenvalue weighted by atomic mass is 15.2. The summed E-state index contributed by atoms with van der Waals surface area (Å²) in [6.07, 6.45) is 1.19. The van der Waals surface area contributed by atoms with Crippen LogP contribution >= 0.6 is 0 Å². The predicted molar refractivity (Wildman–Crippen MR) is 85.2 cm³/mol. The molecule has 4 nitrogen and oxygen atoms in total. The maximum Gasteiger partial charge on any atom is 0.129 e. The van der Waals surface area contributed by atoms with Gasteiger partial charge in [-0.05, 0) is 37.7 Å².